The summed E-state index contributed by atoms with van der Waals surface area (Å²) in [6.45, 7) is 6.50. The fourth-order valence-corrected chi connectivity index (χ4v) is 2.27. The van der Waals surface area contributed by atoms with Crippen LogP contribution in [0.2, 0.25) is 0 Å². The summed E-state index contributed by atoms with van der Waals surface area (Å²) in [6, 6.07) is 0. The molecule has 0 aliphatic carbocycles. The number of nitrogens with two attached hydrogens (primary N) is 1. The Morgan fingerprint density at radius 3 is 2.50 bits per heavy atom. The molecule has 0 heterocycles. The molecule has 2 nitrogen and oxygen atoms in total. The zero-order chi connectivity index (χ0) is 11.0. The van der Waals surface area contributed by atoms with E-state index in [1.165, 1.54) is 17.9 Å². The Balaban J connectivity index is 3.21. The zero-order valence-corrected chi connectivity index (χ0v) is 10.6. The fourth-order valence-electron chi connectivity index (χ4n) is 1.08. The Labute approximate surface area is 92.6 Å². The molecule has 0 aromatic heterocycles. The van der Waals surface area contributed by atoms with Crippen molar-refractivity contribution in [2.75, 3.05) is 18.1 Å². The topological polar surface area (TPSA) is 46.2 Å². The largest absolute Gasteiger partial charge is 0.394 e. The average molecular weight is 219 g/mol. The van der Waals surface area contributed by atoms with Gasteiger partial charge in [0.2, 0.25) is 0 Å². The highest BCUT2D eigenvalue weighted by Gasteiger charge is 2.15. The van der Waals surface area contributed by atoms with E-state index in [-0.39, 0.29) is 12.1 Å². The first-order valence-electron chi connectivity index (χ1n) is 5.45. The molecule has 0 rings (SSSR count). The van der Waals surface area contributed by atoms with E-state index >= 15 is 0 Å². The van der Waals surface area contributed by atoms with Crippen molar-refractivity contribution in [3.63, 3.8) is 0 Å². The molecule has 0 spiro atoms. The summed E-state index contributed by atoms with van der Waals surface area (Å²) in [6.07, 6.45) is 3.32. The highest BCUT2D eigenvalue weighted by Crippen LogP contribution is 2.14. The van der Waals surface area contributed by atoms with Crippen LogP contribution in [0, 0.1) is 5.92 Å². The van der Waals surface area contributed by atoms with Crippen molar-refractivity contribution in [1.82, 2.24) is 0 Å². The van der Waals surface area contributed by atoms with E-state index in [9.17, 15) is 0 Å². The SMILES string of the molecule is CC(C)CCSCCCC(C)(N)CO. The molecule has 3 N–H and O–H groups in total. The molecule has 0 saturated heterocycles. The fraction of sp³-hybridized carbons (Fsp3) is 1.00. The molecule has 86 valence electrons. The van der Waals surface area contributed by atoms with Gasteiger partial charge in [-0.1, -0.05) is 13.8 Å². The van der Waals surface area contributed by atoms with Crippen LogP contribution in [0.3, 0.4) is 0 Å². The van der Waals surface area contributed by atoms with E-state index in [0.717, 1.165) is 18.8 Å². The van der Waals surface area contributed by atoms with Gasteiger partial charge < -0.3 is 10.8 Å². The van der Waals surface area contributed by atoms with E-state index in [1.54, 1.807) is 0 Å². The normalized spacial score (nSPS) is 15.9. The second-order valence-corrected chi connectivity index (χ2v) is 5.94. The molecule has 1 unspecified atom stereocenters. The lowest BCUT2D eigenvalue weighted by molar-refractivity contribution is 0.200. The van der Waals surface area contributed by atoms with E-state index in [2.05, 4.69) is 13.8 Å². The van der Waals surface area contributed by atoms with Crippen molar-refractivity contribution >= 4 is 11.8 Å². The molecule has 0 fully saturated rings. The molecule has 14 heavy (non-hydrogen) atoms. The number of thioether (sulfide) groups is 1. The van der Waals surface area contributed by atoms with Gasteiger partial charge in [-0.15, -0.1) is 0 Å². The molecule has 0 radical (unpaired) electrons. The van der Waals surface area contributed by atoms with Gasteiger partial charge in [-0.25, -0.2) is 0 Å². The Kier molecular flexibility index (Phi) is 7.69. The third-order valence-electron chi connectivity index (χ3n) is 2.24. The van der Waals surface area contributed by atoms with Crippen LogP contribution in [-0.4, -0.2) is 28.8 Å². The van der Waals surface area contributed by atoms with Gasteiger partial charge in [-0.05, 0) is 43.6 Å². The van der Waals surface area contributed by atoms with Crippen LogP contribution < -0.4 is 5.73 Å². The van der Waals surface area contributed by atoms with Crippen molar-refractivity contribution in [3.8, 4) is 0 Å². The lowest BCUT2D eigenvalue weighted by atomic mass is 9.99. The number of hydrogen-bond acceptors (Lipinski definition) is 3. The highest BCUT2D eigenvalue weighted by atomic mass is 32.2. The molecule has 0 bridgehead atoms. The Hall–Kier alpha value is 0.270. The molecule has 0 saturated carbocycles. The number of rotatable bonds is 8. The molecular weight excluding hydrogens is 194 g/mol. The summed E-state index contributed by atoms with van der Waals surface area (Å²) in [5, 5.41) is 8.94. The van der Waals surface area contributed by atoms with Crippen LogP contribution in [0.15, 0.2) is 0 Å². The van der Waals surface area contributed by atoms with Crippen molar-refractivity contribution in [2.24, 2.45) is 11.7 Å². The Morgan fingerprint density at radius 1 is 1.36 bits per heavy atom. The zero-order valence-electron chi connectivity index (χ0n) is 9.75. The molecule has 0 aromatic carbocycles. The smallest absolute Gasteiger partial charge is 0.0608 e. The van der Waals surface area contributed by atoms with Gasteiger partial charge in [0.05, 0.1) is 6.61 Å². The van der Waals surface area contributed by atoms with Gasteiger partial charge in [0.25, 0.3) is 0 Å². The molecule has 1 atom stereocenters. The second-order valence-electron chi connectivity index (χ2n) is 4.71. The maximum Gasteiger partial charge on any atom is 0.0608 e. The van der Waals surface area contributed by atoms with Crippen molar-refractivity contribution in [2.45, 2.75) is 45.6 Å². The number of hydrogen-bond donors (Lipinski definition) is 2. The monoisotopic (exact) mass is 219 g/mol. The number of aliphatic hydroxyl groups is 1. The van der Waals surface area contributed by atoms with E-state index in [4.69, 9.17) is 10.8 Å². The third kappa shape index (κ3) is 8.85. The summed E-state index contributed by atoms with van der Waals surface area (Å²) in [5.74, 6) is 3.22. The summed E-state index contributed by atoms with van der Waals surface area (Å²) < 4.78 is 0. The molecule has 0 aliphatic heterocycles. The van der Waals surface area contributed by atoms with Gasteiger partial charge in [-0.3, -0.25) is 0 Å². The van der Waals surface area contributed by atoms with Crippen molar-refractivity contribution in [3.05, 3.63) is 0 Å². The molecule has 0 aliphatic rings. The van der Waals surface area contributed by atoms with Crippen LogP contribution >= 0.6 is 11.8 Å². The highest BCUT2D eigenvalue weighted by molar-refractivity contribution is 7.99. The van der Waals surface area contributed by atoms with Crippen LogP contribution in [0.25, 0.3) is 0 Å². The predicted molar refractivity (Wildman–Crippen MR) is 65.7 cm³/mol. The minimum atomic E-state index is -0.376. The predicted octanol–water partition coefficient (Wildman–Crippen LogP) is 2.26. The van der Waals surface area contributed by atoms with Gasteiger partial charge in [-0.2, -0.15) is 11.8 Å². The minimum absolute atomic E-state index is 0.0870. The minimum Gasteiger partial charge on any atom is -0.394 e. The van der Waals surface area contributed by atoms with Gasteiger partial charge >= 0.3 is 0 Å². The van der Waals surface area contributed by atoms with Crippen LogP contribution in [0.5, 0.6) is 0 Å². The maximum atomic E-state index is 8.94. The standard InChI is InChI=1S/C11H25NOS/c1-10(2)5-8-14-7-4-6-11(3,12)9-13/h10,13H,4-9,12H2,1-3H3. The van der Waals surface area contributed by atoms with Crippen molar-refractivity contribution < 1.29 is 5.11 Å². The summed E-state index contributed by atoms with van der Waals surface area (Å²) >= 11 is 2.00. The lowest BCUT2D eigenvalue weighted by Gasteiger charge is -2.21. The number of aliphatic hydroxyl groups excluding tert-OH is 1. The first-order valence-corrected chi connectivity index (χ1v) is 6.61. The van der Waals surface area contributed by atoms with Crippen LogP contribution in [0.4, 0.5) is 0 Å². The second kappa shape index (κ2) is 7.55. The lowest BCUT2D eigenvalue weighted by Crippen LogP contribution is -2.40. The Morgan fingerprint density at radius 2 is 2.00 bits per heavy atom. The van der Waals surface area contributed by atoms with Gasteiger partial charge in [0.1, 0.15) is 0 Å². The van der Waals surface area contributed by atoms with Crippen molar-refractivity contribution in [1.29, 1.82) is 0 Å². The third-order valence-corrected chi connectivity index (χ3v) is 3.34. The van der Waals surface area contributed by atoms with E-state index < -0.39 is 0 Å². The summed E-state index contributed by atoms with van der Waals surface area (Å²) in [5.41, 5.74) is 5.44. The maximum absolute atomic E-state index is 8.94. The molecule has 0 amide bonds. The average Bonchev–Trinajstić information content (AvgIpc) is 2.10. The summed E-state index contributed by atoms with van der Waals surface area (Å²) in [7, 11) is 0. The summed E-state index contributed by atoms with van der Waals surface area (Å²) in [4.78, 5) is 0. The van der Waals surface area contributed by atoms with E-state index in [1.807, 2.05) is 18.7 Å². The van der Waals surface area contributed by atoms with Gasteiger partial charge in [0, 0.05) is 5.54 Å². The van der Waals surface area contributed by atoms with E-state index in [0.29, 0.717) is 0 Å². The molecule has 3 heteroatoms. The molecule has 0 aromatic rings. The Bertz CT molecular complexity index is 137. The molecular formula is C11H25NOS. The van der Waals surface area contributed by atoms with Crippen LogP contribution in [0.1, 0.15) is 40.0 Å². The quantitative estimate of drug-likeness (QED) is 0.616. The van der Waals surface area contributed by atoms with Crippen LogP contribution in [-0.2, 0) is 0 Å². The first kappa shape index (κ1) is 14.3. The first-order chi connectivity index (χ1) is 6.48. The van der Waals surface area contributed by atoms with Gasteiger partial charge in [0.15, 0.2) is 0 Å².